The normalized spacial score (nSPS) is 12.6. The molecule has 0 amide bonds. The lowest BCUT2D eigenvalue weighted by atomic mass is 10.2. The highest BCUT2D eigenvalue weighted by atomic mass is 32.2. The maximum absolute atomic E-state index is 5.99. The molecular formula is C15H20N2S2. The summed E-state index contributed by atoms with van der Waals surface area (Å²) in [7, 11) is 0. The third-order valence-corrected chi connectivity index (χ3v) is 5.41. The quantitative estimate of drug-likeness (QED) is 0.834. The van der Waals surface area contributed by atoms with Gasteiger partial charge >= 0.3 is 0 Å². The van der Waals surface area contributed by atoms with Gasteiger partial charge in [0.05, 0.1) is 11.4 Å². The van der Waals surface area contributed by atoms with Crippen LogP contribution in [0.25, 0.3) is 0 Å². The molecule has 0 saturated heterocycles. The van der Waals surface area contributed by atoms with Crippen LogP contribution in [0.3, 0.4) is 0 Å². The molecule has 0 aliphatic carbocycles. The minimum atomic E-state index is 0.0885. The minimum Gasteiger partial charge on any atom is -0.323 e. The third-order valence-electron chi connectivity index (χ3n) is 2.90. The molecule has 0 aliphatic heterocycles. The minimum absolute atomic E-state index is 0.0885. The Balaban J connectivity index is 2.05. The Bertz CT molecular complexity index is 530. The van der Waals surface area contributed by atoms with Crippen LogP contribution in [0.5, 0.6) is 0 Å². The van der Waals surface area contributed by atoms with Crippen LogP contribution < -0.4 is 5.73 Å². The Kier molecular flexibility index (Phi) is 5.02. The van der Waals surface area contributed by atoms with Gasteiger partial charge < -0.3 is 5.73 Å². The first-order valence-electron chi connectivity index (χ1n) is 6.53. The lowest BCUT2D eigenvalue weighted by Gasteiger charge is -2.01. The number of hydrogen-bond donors (Lipinski definition) is 1. The standard InChI is InChI=1S/C15H20N2S2/c1-4-13-15(11(3)16)19-14(17-13)9-18-12-7-5-10(2)6-8-12/h5-8,11H,4,9,16H2,1-3H3. The second kappa shape index (κ2) is 6.55. The number of thioether (sulfide) groups is 1. The molecule has 0 aliphatic rings. The van der Waals surface area contributed by atoms with Crippen molar-refractivity contribution in [3.05, 3.63) is 45.4 Å². The maximum Gasteiger partial charge on any atom is 0.103 e. The Morgan fingerprint density at radius 3 is 2.53 bits per heavy atom. The van der Waals surface area contributed by atoms with E-state index in [0.29, 0.717) is 0 Å². The molecule has 1 unspecified atom stereocenters. The fraction of sp³-hybridized carbons (Fsp3) is 0.400. The number of hydrogen-bond acceptors (Lipinski definition) is 4. The van der Waals surface area contributed by atoms with Crippen molar-refractivity contribution >= 4 is 23.1 Å². The van der Waals surface area contributed by atoms with Gasteiger partial charge in [0, 0.05) is 15.8 Å². The average Bonchev–Trinajstić information content (AvgIpc) is 2.81. The van der Waals surface area contributed by atoms with Gasteiger partial charge in [0.2, 0.25) is 0 Å². The first-order valence-corrected chi connectivity index (χ1v) is 8.34. The molecule has 4 heteroatoms. The van der Waals surface area contributed by atoms with E-state index in [1.54, 1.807) is 11.3 Å². The summed E-state index contributed by atoms with van der Waals surface area (Å²) >= 11 is 3.59. The van der Waals surface area contributed by atoms with Crippen molar-refractivity contribution in [1.29, 1.82) is 0 Å². The van der Waals surface area contributed by atoms with E-state index >= 15 is 0 Å². The Labute approximate surface area is 123 Å². The summed E-state index contributed by atoms with van der Waals surface area (Å²) in [6, 6.07) is 8.72. The first-order chi connectivity index (χ1) is 9.10. The lowest BCUT2D eigenvalue weighted by molar-refractivity contribution is 0.813. The summed E-state index contributed by atoms with van der Waals surface area (Å²) in [5.74, 6) is 0.924. The predicted molar refractivity (Wildman–Crippen MR) is 84.8 cm³/mol. The van der Waals surface area contributed by atoms with Crippen LogP contribution in [0.2, 0.25) is 0 Å². The molecule has 1 aromatic carbocycles. The molecule has 2 nitrogen and oxygen atoms in total. The van der Waals surface area contributed by atoms with E-state index in [1.165, 1.54) is 26.0 Å². The van der Waals surface area contributed by atoms with Crippen LogP contribution >= 0.6 is 23.1 Å². The highest BCUT2D eigenvalue weighted by Gasteiger charge is 2.13. The van der Waals surface area contributed by atoms with Gasteiger partial charge in [0.25, 0.3) is 0 Å². The predicted octanol–water partition coefficient (Wildman–Crippen LogP) is 4.33. The number of rotatable bonds is 5. The molecule has 0 radical (unpaired) electrons. The fourth-order valence-corrected chi connectivity index (χ4v) is 3.86. The summed E-state index contributed by atoms with van der Waals surface area (Å²) in [4.78, 5) is 7.23. The number of nitrogens with two attached hydrogens (primary N) is 1. The summed E-state index contributed by atoms with van der Waals surface area (Å²) in [5.41, 5.74) is 8.45. The van der Waals surface area contributed by atoms with Gasteiger partial charge in [-0.05, 0) is 32.4 Å². The highest BCUT2D eigenvalue weighted by molar-refractivity contribution is 7.98. The van der Waals surface area contributed by atoms with E-state index in [9.17, 15) is 0 Å². The zero-order chi connectivity index (χ0) is 13.8. The van der Waals surface area contributed by atoms with Crippen molar-refractivity contribution in [2.24, 2.45) is 5.73 Å². The number of nitrogens with zero attached hydrogens (tertiary/aromatic N) is 1. The van der Waals surface area contributed by atoms with Gasteiger partial charge in [0.1, 0.15) is 5.01 Å². The highest BCUT2D eigenvalue weighted by Crippen LogP contribution is 2.29. The van der Waals surface area contributed by atoms with E-state index in [2.05, 4.69) is 38.1 Å². The van der Waals surface area contributed by atoms with E-state index in [1.807, 2.05) is 18.7 Å². The molecule has 2 rings (SSSR count). The SMILES string of the molecule is CCc1nc(CSc2ccc(C)cc2)sc1C(C)N. The van der Waals surface area contributed by atoms with Crippen molar-refractivity contribution in [3.8, 4) is 0 Å². The molecular weight excluding hydrogens is 272 g/mol. The van der Waals surface area contributed by atoms with Gasteiger partial charge in [-0.3, -0.25) is 0 Å². The van der Waals surface area contributed by atoms with Crippen molar-refractivity contribution < 1.29 is 0 Å². The van der Waals surface area contributed by atoms with Gasteiger partial charge in [-0.25, -0.2) is 4.98 Å². The van der Waals surface area contributed by atoms with E-state index < -0.39 is 0 Å². The Morgan fingerprint density at radius 2 is 2.00 bits per heavy atom. The Morgan fingerprint density at radius 1 is 1.32 bits per heavy atom. The third kappa shape index (κ3) is 3.81. The van der Waals surface area contributed by atoms with Crippen molar-refractivity contribution in [2.75, 3.05) is 0 Å². The molecule has 19 heavy (non-hydrogen) atoms. The van der Waals surface area contributed by atoms with Gasteiger partial charge in [-0.1, -0.05) is 24.6 Å². The molecule has 0 spiro atoms. The topological polar surface area (TPSA) is 38.9 Å². The maximum atomic E-state index is 5.99. The van der Waals surface area contributed by atoms with Crippen LogP contribution in [-0.2, 0) is 12.2 Å². The van der Waals surface area contributed by atoms with Gasteiger partial charge in [-0.15, -0.1) is 23.1 Å². The molecule has 1 atom stereocenters. The summed E-state index contributed by atoms with van der Waals surface area (Å²) < 4.78 is 0. The molecule has 0 saturated carbocycles. The van der Waals surface area contributed by atoms with Crippen molar-refractivity contribution in [1.82, 2.24) is 4.98 Å². The smallest absolute Gasteiger partial charge is 0.103 e. The molecule has 102 valence electrons. The number of benzene rings is 1. The summed E-state index contributed by atoms with van der Waals surface area (Å²) in [6.45, 7) is 6.28. The van der Waals surface area contributed by atoms with Crippen LogP contribution in [0.4, 0.5) is 0 Å². The van der Waals surface area contributed by atoms with Crippen LogP contribution in [0.1, 0.15) is 41.0 Å². The second-order valence-corrected chi connectivity index (χ2v) is 6.83. The molecule has 0 bridgehead atoms. The van der Waals surface area contributed by atoms with Gasteiger partial charge in [0.15, 0.2) is 0 Å². The van der Waals surface area contributed by atoms with Crippen molar-refractivity contribution in [3.63, 3.8) is 0 Å². The zero-order valence-corrected chi connectivity index (χ0v) is 13.3. The van der Waals surface area contributed by atoms with Gasteiger partial charge in [-0.2, -0.15) is 0 Å². The molecule has 1 aromatic heterocycles. The summed E-state index contributed by atoms with van der Waals surface area (Å²) in [5, 5.41) is 1.18. The first kappa shape index (κ1) is 14.6. The molecule has 2 N–H and O–H groups in total. The Hall–Kier alpha value is -0.840. The largest absolute Gasteiger partial charge is 0.323 e. The average molecular weight is 292 g/mol. The van der Waals surface area contributed by atoms with E-state index in [4.69, 9.17) is 10.7 Å². The second-order valence-electron chi connectivity index (χ2n) is 4.66. The number of aromatic nitrogens is 1. The summed E-state index contributed by atoms with van der Waals surface area (Å²) in [6.07, 6.45) is 0.961. The van der Waals surface area contributed by atoms with Crippen LogP contribution in [0.15, 0.2) is 29.2 Å². The lowest BCUT2D eigenvalue weighted by Crippen LogP contribution is -2.05. The van der Waals surface area contributed by atoms with Crippen LogP contribution in [0, 0.1) is 6.92 Å². The van der Waals surface area contributed by atoms with E-state index in [0.717, 1.165) is 12.2 Å². The molecule has 2 aromatic rings. The molecule has 0 fully saturated rings. The van der Waals surface area contributed by atoms with Crippen molar-refractivity contribution in [2.45, 2.75) is 43.9 Å². The zero-order valence-electron chi connectivity index (χ0n) is 11.6. The van der Waals surface area contributed by atoms with E-state index in [-0.39, 0.29) is 6.04 Å². The monoisotopic (exact) mass is 292 g/mol. The van der Waals surface area contributed by atoms with Crippen LogP contribution in [-0.4, -0.2) is 4.98 Å². The molecule has 1 heterocycles. The fourth-order valence-electron chi connectivity index (χ4n) is 1.86. The number of thiazole rings is 1. The number of aryl methyl sites for hydroxylation is 2.